The minimum atomic E-state index is -0.00361. The number of likely N-dealkylation sites (tertiary alicyclic amines) is 1. The molecule has 16 heavy (non-hydrogen) atoms. The highest BCUT2D eigenvalue weighted by Crippen LogP contribution is 2.26. The third-order valence-electron chi connectivity index (χ3n) is 3.87. The van der Waals surface area contributed by atoms with E-state index in [4.69, 9.17) is 5.73 Å². The predicted molar refractivity (Wildman–Crippen MR) is 64.0 cm³/mol. The van der Waals surface area contributed by atoms with Crippen LogP contribution in [0.2, 0.25) is 0 Å². The molecule has 0 bridgehead atoms. The number of carbonyl (C=O) groups is 1. The second-order valence-electron chi connectivity index (χ2n) is 4.97. The minimum Gasteiger partial charge on any atom is -0.351 e. The topological polar surface area (TPSA) is 58.4 Å². The molecule has 1 aliphatic carbocycles. The van der Waals surface area contributed by atoms with E-state index in [1.54, 1.807) is 0 Å². The van der Waals surface area contributed by atoms with Crippen molar-refractivity contribution in [1.29, 1.82) is 0 Å². The SMILES string of the molecule is NCC(=O)NC1CCCCC1N1CCCC1. The average molecular weight is 225 g/mol. The molecular formula is C12H23N3O. The van der Waals surface area contributed by atoms with Crippen LogP contribution in [0.5, 0.6) is 0 Å². The van der Waals surface area contributed by atoms with Gasteiger partial charge in [0.1, 0.15) is 0 Å². The van der Waals surface area contributed by atoms with E-state index >= 15 is 0 Å². The molecule has 1 saturated heterocycles. The Bertz CT molecular complexity index is 238. The molecule has 0 spiro atoms. The van der Waals surface area contributed by atoms with Gasteiger partial charge in [-0.3, -0.25) is 9.69 Å². The van der Waals surface area contributed by atoms with Crippen molar-refractivity contribution >= 4 is 5.91 Å². The Kier molecular flexibility index (Phi) is 4.18. The van der Waals surface area contributed by atoms with E-state index in [9.17, 15) is 4.79 Å². The summed E-state index contributed by atoms with van der Waals surface area (Å²) in [5.41, 5.74) is 5.36. The number of amides is 1. The van der Waals surface area contributed by atoms with Gasteiger partial charge in [0.25, 0.3) is 0 Å². The number of hydrogen-bond donors (Lipinski definition) is 2. The monoisotopic (exact) mass is 225 g/mol. The zero-order chi connectivity index (χ0) is 11.4. The van der Waals surface area contributed by atoms with Crippen LogP contribution in [0.1, 0.15) is 38.5 Å². The Hall–Kier alpha value is -0.610. The van der Waals surface area contributed by atoms with Crippen LogP contribution in [0.4, 0.5) is 0 Å². The standard InChI is InChI=1S/C12H23N3O/c13-9-12(16)14-10-5-1-2-6-11(10)15-7-3-4-8-15/h10-11H,1-9,13H2,(H,14,16). The summed E-state index contributed by atoms with van der Waals surface area (Å²) in [6, 6.07) is 0.898. The maximum Gasteiger partial charge on any atom is 0.234 e. The van der Waals surface area contributed by atoms with Gasteiger partial charge in [-0.15, -0.1) is 0 Å². The van der Waals surface area contributed by atoms with E-state index < -0.39 is 0 Å². The zero-order valence-electron chi connectivity index (χ0n) is 9.95. The molecule has 1 aliphatic heterocycles. The fourth-order valence-corrected chi connectivity index (χ4v) is 3.06. The Morgan fingerprint density at radius 2 is 1.88 bits per heavy atom. The molecule has 2 atom stereocenters. The molecule has 0 aromatic carbocycles. The van der Waals surface area contributed by atoms with Gasteiger partial charge in [0.15, 0.2) is 0 Å². The summed E-state index contributed by atoms with van der Waals surface area (Å²) in [6.45, 7) is 2.53. The number of nitrogens with zero attached hydrogens (tertiary/aromatic N) is 1. The first-order chi connectivity index (χ1) is 7.81. The number of carbonyl (C=O) groups excluding carboxylic acids is 1. The fraction of sp³-hybridized carbons (Fsp3) is 0.917. The predicted octanol–water partition coefficient (Wildman–Crippen LogP) is 0.468. The van der Waals surface area contributed by atoms with Gasteiger partial charge >= 0.3 is 0 Å². The summed E-state index contributed by atoms with van der Waals surface area (Å²) < 4.78 is 0. The van der Waals surface area contributed by atoms with E-state index in [2.05, 4.69) is 10.2 Å². The highest BCUT2D eigenvalue weighted by molar-refractivity contribution is 5.78. The second-order valence-corrected chi connectivity index (χ2v) is 4.97. The molecule has 0 aromatic heterocycles. The minimum absolute atomic E-state index is 0.00361. The van der Waals surface area contributed by atoms with E-state index in [-0.39, 0.29) is 12.5 Å². The molecule has 2 aliphatic rings. The van der Waals surface area contributed by atoms with E-state index in [0.717, 1.165) is 6.42 Å². The Morgan fingerprint density at radius 1 is 1.19 bits per heavy atom. The Balaban J connectivity index is 1.93. The van der Waals surface area contributed by atoms with Crippen molar-refractivity contribution in [3.63, 3.8) is 0 Å². The Labute approximate surface area is 97.6 Å². The van der Waals surface area contributed by atoms with Crippen LogP contribution < -0.4 is 11.1 Å². The quantitative estimate of drug-likeness (QED) is 0.734. The third-order valence-corrected chi connectivity index (χ3v) is 3.87. The van der Waals surface area contributed by atoms with Crippen molar-refractivity contribution in [2.45, 2.75) is 50.6 Å². The van der Waals surface area contributed by atoms with Crippen molar-refractivity contribution < 1.29 is 4.79 Å². The van der Waals surface area contributed by atoms with Gasteiger partial charge in [0.05, 0.1) is 6.54 Å². The summed E-state index contributed by atoms with van der Waals surface area (Å²) >= 11 is 0. The van der Waals surface area contributed by atoms with E-state index in [1.165, 1.54) is 45.2 Å². The molecular weight excluding hydrogens is 202 g/mol. The van der Waals surface area contributed by atoms with Gasteiger partial charge < -0.3 is 11.1 Å². The number of nitrogens with two attached hydrogens (primary N) is 1. The van der Waals surface area contributed by atoms with Crippen LogP contribution in [0, 0.1) is 0 Å². The first-order valence-corrected chi connectivity index (χ1v) is 6.55. The van der Waals surface area contributed by atoms with Crippen LogP contribution in [0.3, 0.4) is 0 Å². The fourth-order valence-electron chi connectivity index (χ4n) is 3.06. The average Bonchev–Trinajstić information content (AvgIpc) is 2.83. The molecule has 0 aromatic rings. The summed E-state index contributed by atoms with van der Waals surface area (Å²) in [4.78, 5) is 13.9. The zero-order valence-corrected chi connectivity index (χ0v) is 9.95. The van der Waals surface area contributed by atoms with Crippen molar-refractivity contribution in [1.82, 2.24) is 10.2 Å². The van der Waals surface area contributed by atoms with Crippen LogP contribution in [0.25, 0.3) is 0 Å². The molecule has 4 heteroatoms. The largest absolute Gasteiger partial charge is 0.351 e. The van der Waals surface area contributed by atoms with Crippen LogP contribution in [-0.2, 0) is 4.79 Å². The summed E-state index contributed by atoms with van der Waals surface area (Å²) in [7, 11) is 0. The highest BCUT2D eigenvalue weighted by atomic mass is 16.1. The summed E-state index contributed by atoms with van der Waals surface area (Å²) in [6.07, 6.45) is 7.51. The molecule has 1 amide bonds. The maximum atomic E-state index is 11.4. The van der Waals surface area contributed by atoms with Gasteiger partial charge in [-0.05, 0) is 38.8 Å². The lowest BCUT2D eigenvalue weighted by atomic mass is 9.89. The van der Waals surface area contributed by atoms with Crippen molar-refractivity contribution in [2.24, 2.45) is 5.73 Å². The molecule has 1 heterocycles. The lowest BCUT2D eigenvalue weighted by molar-refractivity contribution is -0.121. The van der Waals surface area contributed by atoms with Gasteiger partial charge in [-0.2, -0.15) is 0 Å². The van der Waals surface area contributed by atoms with Crippen molar-refractivity contribution in [3.05, 3.63) is 0 Å². The third kappa shape index (κ3) is 2.74. The molecule has 2 unspecified atom stereocenters. The van der Waals surface area contributed by atoms with Crippen LogP contribution >= 0.6 is 0 Å². The van der Waals surface area contributed by atoms with E-state index in [1.807, 2.05) is 0 Å². The lowest BCUT2D eigenvalue weighted by Crippen LogP contribution is -2.53. The number of rotatable bonds is 3. The molecule has 92 valence electrons. The first kappa shape index (κ1) is 11.9. The van der Waals surface area contributed by atoms with Gasteiger partial charge in [0, 0.05) is 12.1 Å². The molecule has 2 rings (SSSR count). The second kappa shape index (κ2) is 5.64. The molecule has 3 N–H and O–H groups in total. The molecule has 2 fully saturated rings. The summed E-state index contributed by atoms with van der Waals surface area (Å²) in [5.74, 6) is -0.00361. The van der Waals surface area contributed by atoms with Crippen molar-refractivity contribution in [3.8, 4) is 0 Å². The van der Waals surface area contributed by atoms with Gasteiger partial charge in [-0.25, -0.2) is 0 Å². The summed E-state index contributed by atoms with van der Waals surface area (Å²) in [5, 5.41) is 3.09. The van der Waals surface area contributed by atoms with Crippen LogP contribution in [-0.4, -0.2) is 42.5 Å². The van der Waals surface area contributed by atoms with Gasteiger partial charge in [-0.1, -0.05) is 12.8 Å². The Morgan fingerprint density at radius 3 is 2.56 bits per heavy atom. The normalized spacial score (nSPS) is 31.6. The van der Waals surface area contributed by atoms with Crippen molar-refractivity contribution in [2.75, 3.05) is 19.6 Å². The molecule has 0 radical (unpaired) electrons. The maximum absolute atomic E-state index is 11.4. The first-order valence-electron chi connectivity index (χ1n) is 6.55. The molecule has 1 saturated carbocycles. The number of hydrogen-bond acceptors (Lipinski definition) is 3. The van der Waals surface area contributed by atoms with Gasteiger partial charge in [0.2, 0.25) is 5.91 Å². The highest BCUT2D eigenvalue weighted by Gasteiger charge is 2.31. The lowest BCUT2D eigenvalue weighted by Gasteiger charge is -2.38. The van der Waals surface area contributed by atoms with Crippen LogP contribution in [0.15, 0.2) is 0 Å². The number of nitrogens with one attached hydrogen (secondary N) is 1. The van der Waals surface area contributed by atoms with E-state index in [0.29, 0.717) is 12.1 Å². The molecule has 4 nitrogen and oxygen atoms in total. The smallest absolute Gasteiger partial charge is 0.234 e.